The van der Waals surface area contributed by atoms with Crippen LogP contribution in [0.5, 0.6) is 0 Å². The highest BCUT2D eigenvalue weighted by Gasteiger charge is 2.21. The molecule has 27 heavy (non-hydrogen) atoms. The molecule has 0 saturated carbocycles. The van der Waals surface area contributed by atoms with Crippen LogP contribution >= 0.6 is 24.0 Å². The van der Waals surface area contributed by atoms with Crippen LogP contribution in [0.3, 0.4) is 0 Å². The fourth-order valence-electron chi connectivity index (χ4n) is 3.28. The van der Waals surface area contributed by atoms with Crippen LogP contribution in [-0.2, 0) is 11.3 Å². The summed E-state index contributed by atoms with van der Waals surface area (Å²) in [6.45, 7) is 12.0. The minimum atomic E-state index is 0. The highest BCUT2D eigenvalue weighted by atomic mass is 127. The summed E-state index contributed by atoms with van der Waals surface area (Å²) in [5, 5.41) is 3.46. The van der Waals surface area contributed by atoms with Crippen molar-refractivity contribution in [3.63, 3.8) is 0 Å². The third-order valence-electron chi connectivity index (χ3n) is 5.01. The molecule has 1 aliphatic heterocycles. The fraction of sp³-hybridized carbons (Fsp3) is 0.667. The Morgan fingerprint density at radius 1 is 1.26 bits per heavy atom. The lowest BCUT2D eigenvalue weighted by Crippen LogP contribution is -2.47. The molecule has 2 rings (SSSR count). The lowest BCUT2D eigenvalue weighted by molar-refractivity contribution is 0.0263. The molecule has 1 aromatic rings. The number of likely N-dealkylation sites (N-methyl/N-ethyl adjacent to an activating group) is 1. The Bertz CT molecular complexity index is 532. The maximum atomic E-state index is 5.76. The molecule has 0 bridgehead atoms. The smallest absolute Gasteiger partial charge is 0.193 e. The van der Waals surface area contributed by atoms with Gasteiger partial charge in [-0.25, -0.2) is 0 Å². The molecule has 1 aliphatic rings. The molecule has 0 radical (unpaired) electrons. The summed E-state index contributed by atoms with van der Waals surface area (Å²) in [7, 11) is 2.17. The fourth-order valence-corrected chi connectivity index (χ4v) is 3.28. The van der Waals surface area contributed by atoms with Gasteiger partial charge in [0.1, 0.15) is 0 Å². The first-order chi connectivity index (χ1) is 12.6. The van der Waals surface area contributed by atoms with Crippen molar-refractivity contribution in [2.75, 3.05) is 39.8 Å². The predicted octanol–water partition coefficient (Wildman–Crippen LogP) is 3.59. The van der Waals surface area contributed by atoms with E-state index in [1.165, 1.54) is 5.56 Å². The molecule has 1 heterocycles. The Balaban J connectivity index is 0.00000364. The van der Waals surface area contributed by atoms with Crippen molar-refractivity contribution in [2.45, 2.75) is 52.3 Å². The molecule has 1 saturated heterocycles. The molecule has 5 nitrogen and oxygen atoms in total. The first-order valence-electron chi connectivity index (χ1n) is 10.0. The highest BCUT2D eigenvalue weighted by molar-refractivity contribution is 14.0. The third kappa shape index (κ3) is 8.35. The van der Waals surface area contributed by atoms with Gasteiger partial charge in [0.15, 0.2) is 5.96 Å². The molecule has 0 amide bonds. The van der Waals surface area contributed by atoms with Gasteiger partial charge in [0.2, 0.25) is 0 Å². The van der Waals surface area contributed by atoms with E-state index in [4.69, 9.17) is 9.73 Å². The second kappa shape index (κ2) is 13.3. The first kappa shape index (κ1) is 24.2. The standard InChI is InChI=1S/C21H36N4O.HI/c1-5-22-21(25-14-12-20(13-15-25)26-6-2)23-16-18(3)24(4)17-19-10-8-7-9-11-19;/h7-11,18,20H,5-6,12-17H2,1-4H3,(H,22,23);1H. The van der Waals surface area contributed by atoms with Crippen LogP contribution in [0.1, 0.15) is 39.2 Å². The third-order valence-corrected chi connectivity index (χ3v) is 5.01. The minimum Gasteiger partial charge on any atom is -0.378 e. The number of nitrogens with one attached hydrogen (secondary N) is 1. The lowest BCUT2D eigenvalue weighted by Gasteiger charge is -2.34. The Hall–Kier alpha value is -0.860. The first-order valence-corrected chi connectivity index (χ1v) is 10.0. The van der Waals surface area contributed by atoms with E-state index in [1.807, 2.05) is 0 Å². The maximum absolute atomic E-state index is 5.76. The average molecular weight is 488 g/mol. The van der Waals surface area contributed by atoms with Crippen LogP contribution in [0.25, 0.3) is 0 Å². The van der Waals surface area contributed by atoms with Gasteiger partial charge < -0.3 is 15.0 Å². The summed E-state index contributed by atoms with van der Waals surface area (Å²) < 4.78 is 5.76. The number of nitrogens with zero attached hydrogens (tertiary/aromatic N) is 3. The number of likely N-dealkylation sites (tertiary alicyclic amines) is 1. The van der Waals surface area contributed by atoms with Gasteiger partial charge >= 0.3 is 0 Å². The molecule has 0 aromatic heterocycles. The van der Waals surface area contributed by atoms with E-state index in [2.05, 4.69) is 73.3 Å². The van der Waals surface area contributed by atoms with Crippen LogP contribution in [0.15, 0.2) is 35.3 Å². The molecule has 1 fully saturated rings. The lowest BCUT2D eigenvalue weighted by atomic mass is 10.1. The van der Waals surface area contributed by atoms with Crippen molar-refractivity contribution >= 4 is 29.9 Å². The predicted molar refractivity (Wildman–Crippen MR) is 125 cm³/mol. The number of hydrogen-bond donors (Lipinski definition) is 1. The molecule has 154 valence electrons. The number of guanidine groups is 1. The molecular weight excluding hydrogens is 451 g/mol. The van der Waals surface area contributed by atoms with Crippen LogP contribution < -0.4 is 5.32 Å². The highest BCUT2D eigenvalue weighted by Crippen LogP contribution is 2.14. The zero-order valence-electron chi connectivity index (χ0n) is 17.4. The average Bonchev–Trinajstić information content (AvgIpc) is 2.66. The number of rotatable bonds is 8. The number of benzene rings is 1. The summed E-state index contributed by atoms with van der Waals surface area (Å²) in [6, 6.07) is 11.0. The van der Waals surface area contributed by atoms with E-state index >= 15 is 0 Å². The van der Waals surface area contributed by atoms with Gasteiger partial charge in [-0.05, 0) is 46.2 Å². The van der Waals surface area contributed by atoms with Crippen molar-refractivity contribution in [3.8, 4) is 0 Å². The number of hydrogen-bond acceptors (Lipinski definition) is 3. The van der Waals surface area contributed by atoms with Crippen molar-refractivity contribution in [1.29, 1.82) is 0 Å². The van der Waals surface area contributed by atoms with E-state index in [9.17, 15) is 0 Å². The number of piperidine rings is 1. The molecule has 1 atom stereocenters. The van der Waals surface area contributed by atoms with E-state index in [0.717, 1.165) is 58.1 Å². The number of aliphatic imine (C=N–C) groups is 1. The summed E-state index contributed by atoms with van der Waals surface area (Å²) in [6.07, 6.45) is 2.58. The van der Waals surface area contributed by atoms with Gasteiger partial charge in [-0.2, -0.15) is 0 Å². The zero-order chi connectivity index (χ0) is 18.8. The second-order valence-electron chi connectivity index (χ2n) is 7.09. The van der Waals surface area contributed by atoms with Crippen LogP contribution in [0.4, 0.5) is 0 Å². The van der Waals surface area contributed by atoms with Crippen LogP contribution in [-0.4, -0.2) is 67.7 Å². The Morgan fingerprint density at radius 2 is 1.93 bits per heavy atom. The van der Waals surface area contributed by atoms with Gasteiger partial charge in [0.05, 0.1) is 12.6 Å². The molecule has 1 aromatic carbocycles. The summed E-state index contributed by atoms with van der Waals surface area (Å²) in [5.74, 6) is 1.04. The zero-order valence-corrected chi connectivity index (χ0v) is 19.7. The van der Waals surface area contributed by atoms with Crippen molar-refractivity contribution < 1.29 is 4.74 Å². The van der Waals surface area contributed by atoms with Crippen LogP contribution in [0, 0.1) is 0 Å². The van der Waals surface area contributed by atoms with Crippen molar-refractivity contribution in [2.24, 2.45) is 4.99 Å². The van der Waals surface area contributed by atoms with Crippen molar-refractivity contribution in [1.82, 2.24) is 15.1 Å². The molecule has 1 unspecified atom stereocenters. The van der Waals surface area contributed by atoms with Gasteiger partial charge in [-0.3, -0.25) is 9.89 Å². The summed E-state index contributed by atoms with van der Waals surface area (Å²) in [4.78, 5) is 9.66. The summed E-state index contributed by atoms with van der Waals surface area (Å²) in [5.41, 5.74) is 1.34. The van der Waals surface area contributed by atoms with E-state index in [0.29, 0.717) is 12.1 Å². The van der Waals surface area contributed by atoms with E-state index in [1.54, 1.807) is 0 Å². The quantitative estimate of drug-likeness (QED) is 0.345. The largest absolute Gasteiger partial charge is 0.378 e. The number of halogens is 1. The number of ether oxygens (including phenoxy) is 1. The Labute approximate surface area is 182 Å². The van der Waals surface area contributed by atoms with Crippen molar-refractivity contribution in [3.05, 3.63) is 35.9 Å². The summed E-state index contributed by atoms with van der Waals surface area (Å²) >= 11 is 0. The Kier molecular flexibility index (Phi) is 11.9. The monoisotopic (exact) mass is 488 g/mol. The minimum absolute atomic E-state index is 0. The molecule has 1 N–H and O–H groups in total. The second-order valence-corrected chi connectivity index (χ2v) is 7.09. The molecule has 6 heteroatoms. The maximum Gasteiger partial charge on any atom is 0.193 e. The normalized spacial score (nSPS) is 16.9. The van der Waals surface area contributed by atoms with E-state index in [-0.39, 0.29) is 24.0 Å². The van der Waals surface area contributed by atoms with Crippen LogP contribution in [0.2, 0.25) is 0 Å². The van der Waals surface area contributed by atoms with E-state index < -0.39 is 0 Å². The van der Waals surface area contributed by atoms with Gasteiger partial charge in [-0.1, -0.05) is 30.3 Å². The molecular formula is C21H37IN4O. The topological polar surface area (TPSA) is 40.1 Å². The van der Waals surface area contributed by atoms with Gasteiger partial charge in [0, 0.05) is 38.8 Å². The van der Waals surface area contributed by atoms with Gasteiger partial charge in [0.25, 0.3) is 0 Å². The molecule has 0 spiro atoms. The van der Waals surface area contributed by atoms with Gasteiger partial charge in [-0.15, -0.1) is 24.0 Å². The Morgan fingerprint density at radius 3 is 2.52 bits per heavy atom. The molecule has 0 aliphatic carbocycles. The SMILES string of the molecule is CCNC(=NCC(C)N(C)Cc1ccccc1)N1CCC(OCC)CC1.I.